The summed E-state index contributed by atoms with van der Waals surface area (Å²) < 4.78 is 2.06. The third-order valence-corrected chi connectivity index (χ3v) is 3.69. The molecular weight excluding hydrogens is 278 g/mol. The van der Waals surface area contributed by atoms with E-state index in [-0.39, 0.29) is 6.61 Å². The number of likely N-dealkylation sites (N-methyl/N-ethyl adjacent to an activating group) is 2. The summed E-state index contributed by atoms with van der Waals surface area (Å²) in [6.45, 7) is 2.60. The van der Waals surface area contributed by atoms with Crippen molar-refractivity contribution in [1.82, 2.24) is 19.2 Å². The Balaban J connectivity index is 2.44. The molecule has 6 nitrogen and oxygen atoms in total. The Bertz CT molecular complexity index is 620. The number of aliphatic hydroxyl groups excluding tert-OH is 1. The van der Waals surface area contributed by atoms with Crippen molar-refractivity contribution in [3.05, 3.63) is 29.6 Å². The quantitative estimate of drug-likeness (QED) is 0.823. The maximum absolute atomic E-state index is 9.84. The summed E-state index contributed by atoms with van der Waals surface area (Å²) in [5.74, 6) is 1.06. The Labute approximate surface area is 132 Å². The van der Waals surface area contributed by atoms with Gasteiger partial charge >= 0.3 is 0 Å². The second-order valence-corrected chi connectivity index (χ2v) is 6.20. The van der Waals surface area contributed by atoms with Crippen LogP contribution in [-0.4, -0.2) is 72.6 Å². The average Bonchev–Trinajstić information content (AvgIpc) is 2.80. The molecule has 0 spiro atoms. The van der Waals surface area contributed by atoms with Crippen molar-refractivity contribution in [3.8, 4) is 0 Å². The Morgan fingerprint density at radius 2 is 1.77 bits per heavy atom. The summed E-state index contributed by atoms with van der Waals surface area (Å²) in [5, 5.41) is 9.84. The van der Waals surface area contributed by atoms with Crippen LogP contribution in [0.2, 0.25) is 0 Å². The normalized spacial score (nSPS) is 11.8. The summed E-state index contributed by atoms with van der Waals surface area (Å²) in [7, 11) is 10.2. The number of hydrogen-bond donors (Lipinski definition) is 1. The van der Waals surface area contributed by atoms with E-state index in [0.29, 0.717) is 0 Å². The van der Waals surface area contributed by atoms with Gasteiger partial charge in [-0.25, -0.2) is 4.98 Å². The lowest BCUT2D eigenvalue weighted by Crippen LogP contribution is -2.29. The molecule has 2 rings (SSSR count). The molecule has 0 saturated heterocycles. The number of nitrogens with zero attached hydrogens (tertiary/aromatic N) is 5. The summed E-state index contributed by atoms with van der Waals surface area (Å²) in [6, 6.07) is 6.08. The van der Waals surface area contributed by atoms with Gasteiger partial charge in [0.15, 0.2) is 0 Å². The van der Waals surface area contributed by atoms with Crippen LogP contribution in [0.1, 0.15) is 11.4 Å². The van der Waals surface area contributed by atoms with Gasteiger partial charge in [0.2, 0.25) is 0 Å². The topological polar surface area (TPSA) is 47.2 Å². The van der Waals surface area contributed by atoms with Gasteiger partial charge in [-0.1, -0.05) is 6.07 Å². The fourth-order valence-corrected chi connectivity index (χ4v) is 2.53. The Hall–Kier alpha value is -1.63. The number of hydrogen-bond acceptors (Lipinski definition) is 5. The molecule has 0 aromatic carbocycles. The van der Waals surface area contributed by atoms with Gasteiger partial charge in [-0.3, -0.25) is 4.40 Å². The Morgan fingerprint density at radius 1 is 1.05 bits per heavy atom. The summed E-state index contributed by atoms with van der Waals surface area (Å²) in [5.41, 5.74) is 2.69. The van der Waals surface area contributed by atoms with Crippen LogP contribution >= 0.6 is 0 Å². The standard InChI is InChI=1S/C16H27N5O/c1-18(2)9-10-20(5)16-8-6-7-15-17-13(11-19(3)4)14(12-22)21(15)16/h6-8,22H,9-12H2,1-5H3. The number of fused-ring (bicyclic) bond motifs is 1. The number of aromatic nitrogens is 2. The Morgan fingerprint density at radius 3 is 2.36 bits per heavy atom. The molecule has 2 aromatic heterocycles. The highest BCUT2D eigenvalue weighted by atomic mass is 16.3. The van der Waals surface area contributed by atoms with Crippen LogP contribution in [0, 0.1) is 0 Å². The summed E-state index contributed by atoms with van der Waals surface area (Å²) in [4.78, 5) is 11.1. The van der Waals surface area contributed by atoms with Gasteiger partial charge in [-0.2, -0.15) is 0 Å². The minimum atomic E-state index is -0.0110. The molecule has 22 heavy (non-hydrogen) atoms. The third kappa shape index (κ3) is 3.58. The van der Waals surface area contributed by atoms with Crippen molar-refractivity contribution >= 4 is 11.5 Å². The maximum Gasteiger partial charge on any atom is 0.138 e. The molecule has 0 saturated carbocycles. The second-order valence-electron chi connectivity index (χ2n) is 6.20. The molecule has 2 heterocycles. The highest BCUT2D eigenvalue weighted by molar-refractivity contribution is 5.54. The van der Waals surface area contributed by atoms with Crippen molar-refractivity contribution in [2.45, 2.75) is 13.2 Å². The SMILES string of the molecule is CN(C)CCN(C)c1cccc2nc(CN(C)C)c(CO)n12. The molecule has 0 radical (unpaired) electrons. The van der Waals surface area contributed by atoms with E-state index in [4.69, 9.17) is 0 Å². The fourth-order valence-electron chi connectivity index (χ4n) is 2.53. The van der Waals surface area contributed by atoms with Crippen molar-refractivity contribution in [2.24, 2.45) is 0 Å². The predicted molar refractivity (Wildman–Crippen MR) is 90.3 cm³/mol. The van der Waals surface area contributed by atoms with E-state index in [0.717, 1.165) is 42.5 Å². The van der Waals surface area contributed by atoms with Gasteiger partial charge in [-0.15, -0.1) is 0 Å². The summed E-state index contributed by atoms with van der Waals surface area (Å²) >= 11 is 0. The smallest absolute Gasteiger partial charge is 0.138 e. The van der Waals surface area contributed by atoms with Crippen LogP contribution in [0.4, 0.5) is 5.82 Å². The van der Waals surface area contributed by atoms with Crippen LogP contribution in [0.5, 0.6) is 0 Å². The predicted octanol–water partition coefficient (Wildman–Crippen LogP) is 0.886. The second kappa shape index (κ2) is 7.09. The first-order valence-electron chi connectivity index (χ1n) is 7.54. The summed E-state index contributed by atoms with van der Waals surface area (Å²) in [6.07, 6.45) is 0. The van der Waals surface area contributed by atoms with E-state index in [1.807, 2.05) is 26.2 Å². The minimum Gasteiger partial charge on any atom is -0.390 e. The van der Waals surface area contributed by atoms with Gasteiger partial charge in [-0.05, 0) is 40.3 Å². The number of rotatable bonds is 7. The number of pyridine rings is 1. The molecule has 0 bridgehead atoms. The monoisotopic (exact) mass is 305 g/mol. The van der Waals surface area contributed by atoms with E-state index in [1.165, 1.54) is 0 Å². The maximum atomic E-state index is 9.84. The number of aliphatic hydroxyl groups is 1. The lowest BCUT2D eigenvalue weighted by molar-refractivity contribution is 0.271. The molecule has 0 aliphatic rings. The zero-order valence-corrected chi connectivity index (χ0v) is 14.2. The van der Waals surface area contributed by atoms with Crippen LogP contribution in [0.3, 0.4) is 0 Å². The van der Waals surface area contributed by atoms with E-state index >= 15 is 0 Å². The van der Waals surface area contributed by atoms with Gasteiger partial charge in [0.05, 0.1) is 18.0 Å². The van der Waals surface area contributed by atoms with Crippen molar-refractivity contribution < 1.29 is 5.11 Å². The van der Waals surface area contributed by atoms with E-state index in [1.54, 1.807) is 0 Å². The fraction of sp³-hybridized carbons (Fsp3) is 0.562. The van der Waals surface area contributed by atoms with Crippen LogP contribution in [0.15, 0.2) is 18.2 Å². The van der Waals surface area contributed by atoms with Gasteiger partial charge in [0.1, 0.15) is 11.5 Å². The van der Waals surface area contributed by atoms with Gasteiger partial charge in [0, 0.05) is 26.7 Å². The Kier molecular flexibility index (Phi) is 5.39. The lowest BCUT2D eigenvalue weighted by atomic mass is 10.3. The molecule has 0 unspecified atom stereocenters. The number of imidazole rings is 1. The molecule has 2 aromatic rings. The largest absolute Gasteiger partial charge is 0.390 e. The van der Waals surface area contributed by atoms with Crippen molar-refractivity contribution in [3.63, 3.8) is 0 Å². The van der Waals surface area contributed by atoms with E-state index in [2.05, 4.69) is 51.3 Å². The molecular formula is C16H27N5O. The minimum absolute atomic E-state index is 0.0110. The zero-order valence-electron chi connectivity index (χ0n) is 14.2. The van der Waals surface area contributed by atoms with E-state index in [9.17, 15) is 5.11 Å². The highest BCUT2D eigenvalue weighted by Gasteiger charge is 2.16. The molecule has 0 aliphatic heterocycles. The van der Waals surface area contributed by atoms with Crippen molar-refractivity contribution in [2.75, 3.05) is 53.2 Å². The number of anilines is 1. The van der Waals surface area contributed by atoms with Crippen LogP contribution in [-0.2, 0) is 13.2 Å². The molecule has 0 atom stereocenters. The zero-order chi connectivity index (χ0) is 16.3. The molecule has 122 valence electrons. The van der Waals surface area contributed by atoms with Crippen LogP contribution < -0.4 is 4.90 Å². The first-order valence-corrected chi connectivity index (χ1v) is 7.54. The third-order valence-electron chi connectivity index (χ3n) is 3.69. The van der Waals surface area contributed by atoms with E-state index < -0.39 is 0 Å². The molecule has 0 fully saturated rings. The molecule has 0 aliphatic carbocycles. The first kappa shape index (κ1) is 16.7. The lowest BCUT2D eigenvalue weighted by Gasteiger charge is -2.23. The van der Waals surface area contributed by atoms with Crippen molar-refractivity contribution in [1.29, 1.82) is 0 Å². The van der Waals surface area contributed by atoms with Gasteiger partial charge in [0.25, 0.3) is 0 Å². The highest BCUT2D eigenvalue weighted by Crippen LogP contribution is 2.22. The first-order chi connectivity index (χ1) is 10.4. The average molecular weight is 305 g/mol. The molecule has 0 amide bonds. The molecule has 6 heteroatoms. The van der Waals surface area contributed by atoms with Gasteiger partial charge < -0.3 is 19.8 Å². The van der Waals surface area contributed by atoms with Crippen LogP contribution in [0.25, 0.3) is 5.65 Å². The molecule has 1 N–H and O–H groups in total.